The van der Waals surface area contributed by atoms with Crippen LogP contribution in [0, 0.1) is 0 Å². The molecule has 4 nitrogen and oxygen atoms in total. The molecule has 0 aliphatic rings. The number of halogens is 1. The summed E-state index contributed by atoms with van der Waals surface area (Å²) in [7, 11) is -1.70. The van der Waals surface area contributed by atoms with Crippen LogP contribution < -0.4 is 10.0 Å². The summed E-state index contributed by atoms with van der Waals surface area (Å²) in [6.07, 6.45) is 0.713. The summed E-state index contributed by atoms with van der Waals surface area (Å²) in [5.74, 6) is 0. The van der Waals surface area contributed by atoms with Crippen LogP contribution in [0.25, 0.3) is 0 Å². The molecule has 0 amide bonds. The van der Waals surface area contributed by atoms with Crippen LogP contribution in [0.2, 0.25) is 0 Å². The Morgan fingerprint density at radius 3 is 2.76 bits per heavy atom. The molecule has 8 heteroatoms. The predicted molar refractivity (Wildman–Crippen MR) is 92.5 cm³/mol. The first-order valence-corrected chi connectivity index (χ1v) is 10.4. The molecule has 0 aliphatic carbocycles. The van der Waals surface area contributed by atoms with Crippen LogP contribution in [-0.2, 0) is 16.6 Å². The van der Waals surface area contributed by atoms with E-state index in [1.807, 2.05) is 31.5 Å². The molecule has 2 aromatic heterocycles. The molecule has 0 spiro atoms. The van der Waals surface area contributed by atoms with E-state index in [1.165, 1.54) is 11.3 Å². The van der Waals surface area contributed by atoms with Crippen LogP contribution in [0.15, 0.2) is 32.3 Å². The maximum atomic E-state index is 12.6. The zero-order valence-electron chi connectivity index (χ0n) is 11.7. The highest BCUT2D eigenvalue weighted by Crippen LogP contribution is 2.33. The van der Waals surface area contributed by atoms with Crippen molar-refractivity contribution in [2.24, 2.45) is 0 Å². The lowest BCUT2D eigenvalue weighted by Crippen LogP contribution is -2.27. The molecule has 0 aliphatic heterocycles. The molecule has 0 bridgehead atoms. The second kappa shape index (κ2) is 7.34. The summed E-state index contributed by atoms with van der Waals surface area (Å²) in [4.78, 5) is 2.32. The first-order valence-electron chi connectivity index (χ1n) is 6.46. The second-order valence-corrected chi connectivity index (χ2v) is 9.59. The fourth-order valence-corrected chi connectivity index (χ4v) is 6.85. The summed E-state index contributed by atoms with van der Waals surface area (Å²) in [6, 6.07) is 5.42. The van der Waals surface area contributed by atoms with Crippen molar-refractivity contribution < 1.29 is 8.42 Å². The van der Waals surface area contributed by atoms with Crippen LogP contribution in [0.5, 0.6) is 0 Å². The minimum Gasteiger partial charge on any atom is -0.315 e. The molecule has 0 radical (unpaired) electrons. The van der Waals surface area contributed by atoms with Gasteiger partial charge in [0.25, 0.3) is 0 Å². The molecular formula is C13H17BrN2O2S3. The van der Waals surface area contributed by atoms with Crippen molar-refractivity contribution in [3.05, 3.63) is 37.1 Å². The van der Waals surface area contributed by atoms with Gasteiger partial charge in [-0.3, -0.25) is 0 Å². The Balaban J connectivity index is 2.25. The maximum absolute atomic E-state index is 12.6. The highest BCUT2D eigenvalue weighted by molar-refractivity contribution is 9.11. The van der Waals surface area contributed by atoms with Gasteiger partial charge in [0.1, 0.15) is 4.90 Å². The summed E-state index contributed by atoms with van der Waals surface area (Å²) in [5, 5.41) is 4.98. The van der Waals surface area contributed by atoms with E-state index in [1.54, 1.807) is 17.4 Å². The number of sulfonamides is 1. The summed E-state index contributed by atoms with van der Waals surface area (Å²) in [6.45, 7) is 2.63. The average molecular weight is 409 g/mol. The third-order valence-corrected chi connectivity index (χ3v) is 7.65. The minimum atomic E-state index is -3.53. The standard InChI is InChI=1S/C13H17BrN2O2S3/c1-3-10(11-5-4-6-19-11)16-21(17,18)12-7-9(8-15-2)20-13(12)14/h4-7,10,15-16H,3,8H2,1-2H3. The first-order chi connectivity index (χ1) is 9.97. The Morgan fingerprint density at radius 2 is 2.19 bits per heavy atom. The number of rotatable bonds is 7. The molecule has 21 heavy (non-hydrogen) atoms. The third kappa shape index (κ3) is 4.14. The molecule has 0 fully saturated rings. The van der Waals surface area contributed by atoms with Crippen molar-refractivity contribution in [1.29, 1.82) is 0 Å². The van der Waals surface area contributed by atoms with Crippen molar-refractivity contribution >= 4 is 48.6 Å². The molecule has 2 N–H and O–H groups in total. The third-order valence-electron chi connectivity index (χ3n) is 2.94. The van der Waals surface area contributed by atoms with E-state index in [0.717, 1.165) is 9.75 Å². The Kier molecular flexibility index (Phi) is 5.98. The van der Waals surface area contributed by atoms with Crippen LogP contribution in [0.1, 0.15) is 29.1 Å². The molecule has 1 unspecified atom stereocenters. The van der Waals surface area contributed by atoms with Gasteiger partial charge in [0.05, 0.1) is 9.83 Å². The van der Waals surface area contributed by atoms with Gasteiger partial charge in [0.15, 0.2) is 0 Å². The number of thiophene rings is 2. The van der Waals surface area contributed by atoms with E-state index in [0.29, 0.717) is 21.6 Å². The van der Waals surface area contributed by atoms with Crippen molar-refractivity contribution in [1.82, 2.24) is 10.0 Å². The highest BCUT2D eigenvalue weighted by atomic mass is 79.9. The Bertz CT molecular complexity index is 680. The summed E-state index contributed by atoms with van der Waals surface area (Å²) < 4.78 is 28.6. The number of hydrogen-bond donors (Lipinski definition) is 2. The Labute approximate surface area is 141 Å². The fraction of sp³-hybridized carbons (Fsp3) is 0.385. The van der Waals surface area contributed by atoms with Crippen LogP contribution in [0.3, 0.4) is 0 Å². The van der Waals surface area contributed by atoms with E-state index in [4.69, 9.17) is 0 Å². The van der Waals surface area contributed by atoms with Gasteiger partial charge in [-0.05, 0) is 46.9 Å². The lowest BCUT2D eigenvalue weighted by molar-refractivity contribution is 0.553. The van der Waals surface area contributed by atoms with Crippen LogP contribution in [0.4, 0.5) is 0 Å². The fourth-order valence-electron chi connectivity index (χ4n) is 1.93. The molecule has 0 saturated heterocycles. The molecule has 0 aromatic carbocycles. The highest BCUT2D eigenvalue weighted by Gasteiger charge is 2.24. The molecule has 2 rings (SSSR count). The second-order valence-electron chi connectivity index (χ2n) is 4.48. The molecule has 0 saturated carbocycles. The predicted octanol–water partition coefficient (Wildman–Crippen LogP) is 3.72. The van der Waals surface area contributed by atoms with E-state index in [9.17, 15) is 8.42 Å². The van der Waals surface area contributed by atoms with Gasteiger partial charge in [0.2, 0.25) is 10.0 Å². The molecule has 1 atom stereocenters. The Morgan fingerprint density at radius 1 is 1.43 bits per heavy atom. The maximum Gasteiger partial charge on any atom is 0.243 e. The van der Waals surface area contributed by atoms with Gasteiger partial charge in [0, 0.05) is 16.3 Å². The van der Waals surface area contributed by atoms with E-state index >= 15 is 0 Å². The quantitative estimate of drug-likeness (QED) is 0.733. The lowest BCUT2D eigenvalue weighted by atomic mass is 10.2. The van der Waals surface area contributed by atoms with Crippen molar-refractivity contribution in [2.45, 2.75) is 30.8 Å². The first kappa shape index (κ1) is 17.1. The molecule has 2 aromatic rings. The van der Waals surface area contributed by atoms with Gasteiger partial charge in [-0.1, -0.05) is 13.0 Å². The van der Waals surface area contributed by atoms with E-state index in [2.05, 4.69) is 26.0 Å². The van der Waals surface area contributed by atoms with Gasteiger partial charge in [-0.15, -0.1) is 22.7 Å². The van der Waals surface area contributed by atoms with Crippen molar-refractivity contribution in [3.63, 3.8) is 0 Å². The monoisotopic (exact) mass is 408 g/mol. The van der Waals surface area contributed by atoms with E-state index in [-0.39, 0.29) is 6.04 Å². The van der Waals surface area contributed by atoms with Gasteiger partial charge >= 0.3 is 0 Å². The molecule has 116 valence electrons. The van der Waals surface area contributed by atoms with Crippen molar-refractivity contribution in [3.8, 4) is 0 Å². The van der Waals surface area contributed by atoms with Crippen LogP contribution >= 0.6 is 38.6 Å². The number of nitrogens with one attached hydrogen (secondary N) is 2. The van der Waals surface area contributed by atoms with Gasteiger partial charge in [-0.2, -0.15) is 0 Å². The van der Waals surface area contributed by atoms with E-state index < -0.39 is 10.0 Å². The summed E-state index contributed by atoms with van der Waals surface area (Å²) in [5.41, 5.74) is 0. The van der Waals surface area contributed by atoms with Gasteiger partial charge < -0.3 is 5.32 Å². The largest absolute Gasteiger partial charge is 0.315 e. The minimum absolute atomic E-state index is 0.186. The molecule has 2 heterocycles. The number of hydrogen-bond acceptors (Lipinski definition) is 5. The topological polar surface area (TPSA) is 58.2 Å². The van der Waals surface area contributed by atoms with Crippen LogP contribution in [-0.4, -0.2) is 15.5 Å². The zero-order chi connectivity index (χ0) is 15.5. The summed E-state index contributed by atoms with van der Waals surface area (Å²) >= 11 is 6.36. The normalized spacial score (nSPS) is 13.5. The smallest absolute Gasteiger partial charge is 0.243 e. The zero-order valence-corrected chi connectivity index (χ0v) is 15.8. The SMILES string of the molecule is CCC(NS(=O)(=O)c1cc(CNC)sc1Br)c1cccs1. The molecular weight excluding hydrogens is 392 g/mol. The van der Waals surface area contributed by atoms with Crippen molar-refractivity contribution in [2.75, 3.05) is 7.05 Å². The lowest BCUT2D eigenvalue weighted by Gasteiger charge is -2.15. The Hall–Kier alpha value is -0.250. The van der Waals surface area contributed by atoms with Gasteiger partial charge in [-0.25, -0.2) is 13.1 Å². The average Bonchev–Trinajstić information content (AvgIpc) is 3.06.